The second-order valence-electron chi connectivity index (χ2n) is 6.03. The lowest BCUT2D eigenvalue weighted by Gasteiger charge is -2.34. The molecule has 3 N–H and O–H groups in total. The maximum atomic E-state index is 12.3. The highest BCUT2D eigenvalue weighted by Gasteiger charge is 2.16. The Morgan fingerprint density at radius 1 is 1.12 bits per heavy atom. The summed E-state index contributed by atoms with van der Waals surface area (Å²) < 4.78 is 0.875. The van der Waals surface area contributed by atoms with Crippen molar-refractivity contribution in [3.8, 4) is 0 Å². The van der Waals surface area contributed by atoms with Crippen molar-refractivity contribution in [1.29, 1.82) is 0 Å². The molecule has 2 aromatic carbocycles. The molecule has 0 atom stereocenters. The number of carbonyl (C=O) groups excluding carboxylic acids is 1. The number of piperazine rings is 1. The number of amides is 1. The summed E-state index contributed by atoms with van der Waals surface area (Å²) >= 11 is 3.38. The van der Waals surface area contributed by atoms with E-state index in [9.17, 15) is 4.79 Å². The lowest BCUT2D eigenvalue weighted by atomic mass is 10.1. The Morgan fingerprint density at radius 3 is 2.54 bits per heavy atom. The van der Waals surface area contributed by atoms with Gasteiger partial charge in [-0.1, -0.05) is 22.0 Å². The van der Waals surface area contributed by atoms with Crippen LogP contribution in [0, 0.1) is 0 Å². The quantitative estimate of drug-likeness (QED) is 0.793. The van der Waals surface area contributed by atoms with Gasteiger partial charge in [0.05, 0.1) is 11.4 Å². The molecule has 1 fully saturated rings. The number of benzene rings is 2. The maximum absolute atomic E-state index is 12.3. The van der Waals surface area contributed by atoms with Crippen LogP contribution in [0.15, 0.2) is 46.9 Å². The minimum Gasteiger partial charge on any atom is -0.397 e. The molecule has 3 rings (SSSR count). The first-order valence-corrected chi connectivity index (χ1v) is 8.72. The van der Waals surface area contributed by atoms with Crippen LogP contribution < -0.4 is 16.0 Å². The normalized spacial score (nSPS) is 15.3. The van der Waals surface area contributed by atoms with Gasteiger partial charge < -0.3 is 20.9 Å². The molecule has 0 radical (unpaired) electrons. The van der Waals surface area contributed by atoms with Crippen LogP contribution in [0.4, 0.5) is 17.1 Å². The molecule has 1 saturated heterocycles. The number of anilines is 3. The summed E-state index contributed by atoms with van der Waals surface area (Å²) in [7, 11) is 2.13. The molecule has 5 nitrogen and oxygen atoms in total. The first kappa shape index (κ1) is 16.8. The molecule has 0 aliphatic carbocycles. The van der Waals surface area contributed by atoms with Crippen LogP contribution in [0.3, 0.4) is 0 Å². The van der Waals surface area contributed by atoms with Crippen LogP contribution >= 0.6 is 15.9 Å². The van der Waals surface area contributed by atoms with Gasteiger partial charge in [-0.3, -0.25) is 4.79 Å². The summed E-state index contributed by atoms with van der Waals surface area (Å²) in [4.78, 5) is 16.9. The number of likely N-dealkylation sites (N-methyl/N-ethyl adjacent to an activating group) is 1. The number of nitrogens with two attached hydrogens (primary N) is 1. The van der Waals surface area contributed by atoms with Crippen molar-refractivity contribution in [3.05, 3.63) is 52.5 Å². The standard InChI is InChI=1S/C18H21BrN4O/c1-22-7-9-23(10-8-22)17-6-5-15(12-16(17)20)21-18(24)13-3-2-4-14(19)11-13/h2-6,11-12H,7-10,20H2,1H3,(H,21,24). The van der Waals surface area contributed by atoms with E-state index in [-0.39, 0.29) is 5.91 Å². The molecule has 1 aliphatic heterocycles. The fourth-order valence-corrected chi connectivity index (χ4v) is 3.20. The van der Waals surface area contributed by atoms with E-state index < -0.39 is 0 Å². The lowest BCUT2D eigenvalue weighted by Crippen LogP contribution is -2.44. The number of carbonyl (C=O) groups is 1. The van der Waals surface area contributed by atoms with E-state index in [0.717, 1.165) is 36.3 Å². The molecule has 0 saturated carbocycles. The van der Waals surface area contributed by atoms with Crippen molar-refractivity contribution in [2.45, 2.75) is 0 Å². The van der Waals surface area contributed by atoms with E-state index in [2.05, 4.69) is 38.1 Å². The topological polar surface area (TPSA) is 61.6 Å². The van der Waals surface area contributed by atoms with E-state index in [1.54, 1.807) is 12.1 Å². The largest absolute Gasteiger partial charge is 0.397 e. The van der Waals surface area contributed by atoms with Crippen molar-refractivity contribution in [1.82, 2.24) is 4.90 Å². The molecular formula is C18H21BrN4O. The van der Waals surface area contributed by atoms with E-state index in [4.69, 9.17) is 5.73 Å². The van der Waals surface area contributed by atoms with Gasteiger partial charge in [0, 0.05) is 41.9 Å². The Morgan fingerprint density at radius 2 is 1.88 bits per heavy atom. The third-order valence-electron chi connectivity index (χ3n) is 4.22. The summed E-state index contributed by atoms with van der Waals surface area (Å²) in [6, 6.07) is 13.0. The molecule has 0 spiro atoms. The molecule has 0 aromatic heterocycles. The number of hydrogen-bond donors (Lipinski definition) is 2. The SMILES string of the molecule is CN1CCN(c2ccc(NC(=O)c3cccc(Br)c3)cc2N)CC1. The van der Waals surface area contributed by atoms with E-state index in [1.807, 2.05) is 30.3 Å². The Hall–Kier alpha value is -2.05. The maximum Gasteiger partial charge on any atom is 0.255 e. The molecule has 6 heteroatoms. The number of halogens is 1. The molecule has 2 aromatic rings. The Bertz CT molecular complexity index is 742. The summed E-state index contributed by atoms with van der Waals surface area (Å²) in [5, 5.41) is 2.90. The van der Waals surface area contributed by atoms with Crippen molar-refractivity contribution in [2.24, 2.45) is 0 Å². The van der Waals surface area contributed by atoms with Crippen LogP contribution in [-0.4, -0.2) is 44.0 Å². The highest BCUT2D eigenvalue weighted by atomic mass is 79.9. The third-order valence-corrected chi connectivity index (χ3v) is 4.71. The molecule has 24 heavy (non-hydrogen) atoms. The third kappa shape index (κ3) is 3.88. The van der Waals surface area contributed by atoms with Gasteiger partial charge in [0.1, 0.15) is 0 Å². The zero-order valence-corrected chi connectivity index (χ0v) is 15.2. The number of nitrogen functional groups attached to an aromatic ring is 1. The van der Waals surface area contributed by atoms with Crippen LogP contribution in [0.2, 0.25) is 0 Å². The molecule has 1 heterocycles. The van der Waals surface area contributed by atoms with Crippen molar-refractivity contribution in [2.75, 3.05) is 49.2 Å². The summed E-state index contributed by atoms with van der Waals surface area (Å²) in [6.45, 7) is 3.98. The van der Waals surface area contributed by atoms with Gasteiger partial charge >= 0.3 is 0 Å². The van der Waals surface area contributed by atoms with Crippen molar-refractivity contribution in [3.63, 3.8) is 0 Å². The average molecular weight is 389 g/mol. The zero-order chi connectivity index (χ0) is 17.1. The predicted molar refractivity (Wildman–Crippen MR) is 103 cm³/mol. The average Bonchev–Trinajstić information content (AvgIpc) is 2.56. The number of rotatable bonds is 3. The van der Waals surface area contributed by atoms with Crippen LogP contribution in [0.25, 0.3) is 0 Å². The summed E-state index contributed by atoms with van der Waals surface area (Å²) in [5.74, 6) is -0.150. The minimum atomic E-state index is -0.150. The second kappa shape index (κ2) is 7.23. The highest BCUT2D eigenvalue weighted by Crippen LogP contribution is 2.27. The van der Waals surface area contributed by atoms with Gasteiger partial charge in [-0.05, 0) is 43.4 Å². The van der Waals surface area contributed by atoms with Gasteiger partial charge in [0.2, 0.25) is 0 Å². The molecule has 1 aliphatic rings. The van der Waals surface area contributed by atoms with Gasteiger partial charge in [0.15, 0.2) is 0 Å². The van der Waals surface area contributed by atoms with Crippen LogP contribution in [-0.2, 0) is 0 Å². The van der Waals surface area contributed by atoms with E-state index >= 15 is 0 Å². The molecule has 1 amide bonds. The minimum absolute atomic E-state index is 0.150. The molecule has 0 bridgehead atoms. The van der Waals surface area contributed by atoms with Gasteiger partial charge in [0.25, 0.3) is 5.91 Å². The Kier molecular flexibility index (Phi) is 5.06. The number of hydrogen-bond acceptors (Lipinski definition) is 4. The molecular weight excluding hydrogens is 368 g/mol. The van der Waals surface area contributed by atoms with E-state index in [0.29, 0.717) is 16.9 Å². The second-order valence-corrected chi connectivity index (χ2v) is 6.94. The van der Waals surface area contributed by atoms with E-state index in [1.165, 1.54) is 0 Å². The Balaban J connectivity index is 1.71. The molecule has 0 unspecified atom stereocenters. The number of nitrogens with one attached hydrogen (secondary N) is 1. The van der Waals surface area contributed by atoms with Crippen LogP contribution in [0.5, 0.6) is 0 Å². The Labute approximate surface area is 150 Å². The fourth-order valence-electron chi connectivity index (χ4n) is 2.80. The lowest BCUT2D eigenvalue weighted by molar-refractivity contribution is 0.102. The van der Waals surface area contributed by atoms with Crippen LogP contribution in [0.1, 0.15) is 10.4 Å². The number of nitrogens with zero attached hydrogens (tertiary/aromatic N) is 2. The van der Waals surface area contributed by atoms with Crippen molar-refractivity contribution >= 4 is 38.9 Å². The molecule has 126 valence electrons. The predicted octanol–water partition coefficient (Wildman–Crippen LogP) is 3.04. The monoisotopic (exact) mass is 388 g/mol. The zero-order valence-electron chi connectivity index (χ0n) is 13.6. The van der Waals surface area contributed by atoms with Gasteiger partial charge in [-0.15, -0.1) is 0 Å². The summed E-state index contributed by atoms with van der Waals surface area (Å²) in [6.07, 6.45) is 0. The van der Waals surface area contributed by atoms with Crippen molar-refractivity contribution < 1.29 is 4.79 Å². The summed E-state index contributed by atoms with van der Waals surface area (Å²) in [5.41, 5.74) is 9.24. The highest BCUT2D eigenvalue weighted by molar-refractivity contribution is 9.10. The van der Waals surface area contributed by atoms with Gasteiger partial charge in [-0.25, -0.2) is 0 Å². The first-order valence-electron chi connectivity index (χ1n) is 7.93. The fraction of sp³-hybridized carbons (Fsp3) is 0.278. The first-order chi connectivity index (χ1) is 11.5. The smallest absolute Gasteiger partial charge is 0.255 e. The van der Waals surface area contributed by atoms with Gasteiger partial charge in [-0.2, -0.15) is 0 Å².